The third kappa shape index (κ3) is 2.78. The van der Waals surface area contributed by atoms with Crippen molar-refractivity contribution in [2.75, 3.05) is 11.5 Å². The summed E-state index contributed by atoms with van der Waals surface area (Å²) in [5, 5.41) is 0. The van der Waals surface area contributed by atoms with E-state index in [1.165, 1.54) is 22.6 Å². The minimum absolute atomic E-state index is 0.0569. The molecule has 1 saturated heterocycles. The van der Waals surface area contributed by atoms with Crippen molar-refractivity contribution < 1.29 is 0 Å². The van der Waals surface area contributed by atoms with Gasteiger partial charge in [-0.2, -0.15) is 0 Å². The molecule has 0 aliphatic carbocycles. The highest BCUT2D eigenvalue weighted by atomic mass is 79.9. The second-order valence-corrected chi connectivity index (χ2v) is 9.04. The predicted octanol–water partition coefficient (Wildman–Crippen LogP) is 5.89. The van der Waals surface area contributed by atoms with Crippen LogP contribution in [-0.2, 0) is 4.08 Å². The predicted molar refractivity (Wildman–Crippen MR) is 94.0 cm³/mol. The third-order valence-corrected chi connectivity index (χ3v) is 7.74. The molecule has 0 saturated carbocycles. The van der Waals surface area contributed by atoms with Gasteiger partial charge < -0.3 is 0 Å². The second-order valence-electron chi connectivity index (χ2n) is 4.33. The molecular formula is C15H12Br2S2. The number of halogens is 2. The molecule has 0 atom stereocenters. The van der Waals surface area contributed by atoms with E-state index in [1.807, 2.05) is 23.5 Å². The molecule has 19 heavy (non-hydrogen) atoms. The van der Waals surface area contributed by atoms with Crippen LogP contribution in [0.3, 0.4) is 0 Å². The molecule has 1 aliphatic heterocycles. The molecular weight excluding hydrogens is 404 g/mol. The fourth-order valence-corrected chi connectivity index (χ4v) is 6.07. The third-order valence-electron chi connectivity index (χ3n) is 3.14. The van der Waals surface area contributed by atoms with Crippen LogP contribution >= 0.6 is 55.4 Å². The maximum atomic E-state index is 3.52. The first-order valence-electron chi connectivity index (χ1n) is 6.01. The SMILES string of the molecule is Brc1ccc(C2(c3ccc(Br)cc3)SCCS2)cc1. The zero-order chi connectivity index (χ0) is 13.3. The molecule has 4 heteroatoms. The Balaban J connectivity index is 2.08. The molecule has 1 aliphatic rings. The van der Waals surface area contributed by atoms with E-state index in [1.54, 1.807) is 0 Å². The molecule has 3 rings (SSSR count). The molecule has 0 spiro atoms. The van der Waals surface area contributed by atoms with E-state index in [2.05, 4.69) is 80.4 Å². The summed E-state index contributed by atoms with van der Waals surface area (Å²) in [6.45, 7) is 0. The van der Waals surface area contributed by atoms with E-state index in [-0.39, 0.29) is 4.08 Å². The van der Waals surface area contributed by atoms with Gasteiger partial charge in [0.05, 0.1) is 0 Å². The summed E-state index contributed by atoms with van der Waals surface area (Å²) in [5.74, 6) is 2.41. The summed E-state index contributed by atoms with van der Waals surface area (Å²) >= 11 is 11.1. The lowest BCUT2D eigenvalue weighted by Crippen LogP contribution is -2.16. The summed E-state index contributed by atoms with van der Waals surface area (Å²) in [6.07, 6.45) is 0. The summed E-state index contributed by atoms with van der Waals surface area (Å²) in [4.78, 5) is 0. The van der Waals surface area contributed by atoms with Gasteiger partial charge in [-0.05, 0) is 35.4 Å². The second kappa shape index (κ2) is 5.84. The Labute approximate surface area is 139 Å². The first kappa shape index (κ1) is 14.1. The zero-order valence-electron chi connectivity index (χ0n) is 10.1. The molecule has 0 unspecified atom stereocenters. The number of benzene rings is 2. The average Bonchev–Trinajstić information content (AvgIpc) is 2.91. The van der Waals surface area contributed by atoms with Crippen molar-refractivity contribution in [1.29, 1.82) is 0 Å². The van der Waals surface area contributed by atoms with Gasteiger partial charge in [0.1, 0.15) is 4.08 Å². The fourth-order valence-electron chi connectivity index (χ4n) is 2.25. The molecule has 2 aromatic carbocycles. The van der Waals surface area contributed by atoms with Crippen molar-refractivity contribution in [3.63, 3.8) is 0 Å². The van der Waals surface area contributed by atoms with Gasteiger partial charge in [0.25, 0.3) is 0 Å². The number of hydrogen-bond donors (Lipinski definition) is 0. The molecule has 0 radical (unpaired) electrons. The van der Waals surface area contributed by atoms with E-state index in [0.717, 1.165) is 8.95 Å². The van der Waals surface area contributed by atoms with Gasteiger partial charge in [-0.25, -0.2) is 0 Å². The lowest BCUT2D eigenvalue weighted by Gasteiger charge is -2.28. The number of hydrogen-bond acceptors (Lipinski definition) is 2. The van der Waals surface area contributed by atoms with Crippen LogP contribution in [-0.4, -0.2) is 11.5 Å². The molecule has 0 aromatic heterocycles. The lowest BCUT2D eigenvalue weighted by molar-refractivity contribution is 1.08. The Morgan fingerprint density at radius 2 is 1.05 bits per heavy atom. The summed E-state index contributed by atoms with van der Waals surface area (Å²) in [7, 11) is 0. The van der Waals surface area contributed by atoms with E-state index in [0.29, 0.717) is 0 Å². The largest absolute Gasteiger partial charge is 0.134 e. The molecule has 0 amide bonds. The van der Waals surface area contributed by atoms with E-state index < -0.39 is 0 Å². The number of rotatable bonds is 2. The fraction of sp³-hybridized carbons (Fsp3) is 0.200. The van der Waals surface area contributed by atoms with Crippen LogP contribution in [0.25, 0.3) is 0 Å². The Bertz CT molecular complexity index is 510. The average molecular weight is 416 g/mol. The van der Waals surface area contributed by atoms with Crippen molar-refractivity contribution in [3.05, 3.63) is 68.6 Å². The maximum Gasteiger partial charge on any atom is 0.111 e. The Hall–Kier alpha value is 0.1000. The van der Waals surface area contributed by atoms with E-state index in [4.69, 9.17) is 0 Å². The van der Waals surface area contributed by atoms with Gasteiger partial charge in [-0.1, -0.05) is 56.1 Å². The highest BCUT2D eigenvalue weighted by molar-refractivity contribution is 9.10. The first-order valence-corrected chi connectivity index (χ1v) is 9.56. The minimum atomic E-state index is 0.0569. The van der Waals surface area contributed by atoms with Gasteiger partial charge in [-0.15, -0.1) is 23.5 Å². The molecule has 0 N–H and O–H groups in total. The lowest BCUT2D eigenvalue weighted by atomic mass is 10.0. The van der Waals surface area contributed by atoms with Crippen LogP contribution in [0.1, 0.15) is 11.1 Å². The monoisotopic (exact) mass is 414 g/mol. The summed E-state index contributed by atoms with van der Waals surface area (Å²) in [5.41, 5.74) is 2.76. The van der Waals surface area contributed by atoms with Crippen LogP contribution < -0.4 is 0 Å². The summed E-state index contributed by atoms with van der Waals surface area (Å²) < 4.78 is 2.33. The van der Waals surface area contributed by atoms with Gasteiger partial charge in [-0.3, -0.25) is 0 Å². The molecule has 0 bridgehead atoms. The normalized spacial score (nSPS) is 17.6. The van der Waals surface area contributed by atoms with Crippen molar-refractivity contribution in [2.45, 2.75) is 4.08 Å². The van der Waals surface area contributed by atoms with E-state index in [9.17, 15) is 0 Å². The molecule has 98 valence electrons. The Kier molecular flexibility index (Phi) is 4.32. The van der Waals surface area contributed by atoms with Crippen LogP contribution in [0.4, 0.5) is 0 Å². The Morgan fingerprint density at radius 3 is 1.42 bits per heavy atom. The summed E-state index contributed by atoms with van der Waals surface area (Å²) in [6, 6.07) is 17.5. The molecule has 0 nitrogen and oxygen atoms in total. The zero-order valence-corrected chi connectivity index (χ0v) is 14.9. The van der Waals surface area contributed by atoms with Crippen LogP contribution in [0.15, 0.2) is 57.5 Å². The van der Waals surface area contributed by atoms with Gasteiger partial charge >= 0.3 is 0 Å². The highest BCUT2D eigenvalue weighted by Crippen LogP contribution is 2.56. The van der Waals surface area contributed by atoms with Crippen molar-refractivity contribution in [3.8, 4) is 0 Å². The van der Waals surface area contributed by atoms with Gasteiger partial charge in [0.15, 0.2) is 0 Å². The van der Waals surface area contributed by atoms with Crippen molar-refractivity contribution >= 4 is 55.4 Å². The first-order chi connectivity index (χ1) is 9.21. The standard InChI is InChI=1S/C15H12Br2S2/c16-13-5-1-11(2-6-13)15(18-9-10-19-15)12-3-7-14(17)8-4-12/h1-8H,9-10H2. The van der Waals surface area contributed by atoms with Crippen molar-refractivity contribution in [1.82, 2.24) is 0 Å². The van der Waals surface area contributed by atoms with Gasteiger partial charge in [0.2, 0.25) is 0 Å². The smallest absolute Gasteiger partial charge is 0.111 e. The molecule has 1 heterocycles. The maximum absolute atomic E-state index is 3.52. The quantitative estimate of drug-likeness (QED) is 0.599. The highest BCUT2D eigenvalue weighted by Gasteiger charge is 2.39. The van der Waals surface area contributed by atoms with Crippen LogP contribution in [0.5, 0.6) is 0 Å². The Morgan fingerprint density at radius 1 is 0.684 bits per heavy atom. The topological polar surface area (TPSA) is 0 Å². The number of thioether (sulfide) groups is 2. The van der Waals surface area contributed by atoms with E-state index >= 15 is 0 Å². The van der Waals surface area contributed by atoms with Crippen LogP contribution in [0.2, 0.25) is 0 Å². The minimum Gasteiger partial charge on any atom is -0.134 e. The van der Waals surface area contributed by atoms with Crippen LogP contribution in [0, 0.1) is 0 Å². The van der Waals surface area contributed by atoms with Crippen molar-refractivity contribution in [2.24, 2.45) is 0 Å². The molecule has 1 fully saturated rings. The van der Waals surface area contributed by atoms with Gasteiger partial charge in [0, 0.05) is 20.5 Å². The molecule has 2 aromatic rings.